The van der Waals surface area contributed by atoms with Crippen LogP contribution in [-0.2, 0) is 0 Å². The number of rotatable bonds is 3. The minimum absolute atomic E-state index is 0.186. The number of benzene rings is 1. The van der Waals surface area contributed by atoms with E-state index in [4.69, 9.17) is 0 Å². The van der Waals surface area contributed by atoms with E-state index in [0.717, 1.165) is 18.4 Å². The summed E-state index contributed by atoms with van der Waals surface area (Å²) >= 11 is 0. The Labute approximate surface area is 131 Å². The van der Waals surface area contributed by atoms with Gasteiger partial charge in [-0.25, -0.2) is 9.18 Å². The molecule has 0 radical (unpaired) electrons. The van der Waals surface area contributed by atoms with Gasteiger partial charge in [0.05, 0.1) is 17.7 Å². The molecule has 1 heterocycles. The fraction of sp³-hybridized carbons (Fsp3) is 0.588. The van der Waals surface area contributed by atoms with Crippen molar-refractivity contribution < 1.29 is 14.3 Å². The highest BCUT2D eigenvalue weighted by Crippen LogP contribution is 2.27. The Morgan fingerprint density at radius 1 is 1.50 bits per heavy atom. The van der Waals surface area contributed by atoms with Crippen molar-refractivity contribution in [1.29, 1.82) is 0 Å². The third kappa shape index (κ3) is 3.58. The molecule has 0 bridgehead atoms. The molecule has 2 atom stereocenters. The SMILES string of the molecule is Cc1ccc(C(C)NC(=O)N2CCCC2C(C)(C)O)cc1F. The number of carbonyl (C=O) groups is 1. The number of likely N-dealkylation sites (tertiary alicyclic amines) is 1. The molecular weight excluding hydrogens is 283 g/mol. The number of aryl methyl sites for hydroxylation is 1. The van der Waals surface area contributed by atoms with Gasteiger partial charge in [-0.05, 0) is 57.7 Å². The zero-order chi connectivity index (χ0) is 16.5. The first-order valence-corrected chi connectivity index (χ1v) is 7.75. The van der Waals surface area contributed by atoms with Crippen LogP contribution < -0.4 is 5.32 Å². The second kappa shape index (κ2) is 6.24. The first kappa shape index (κ1) is 16.7. The molecular formula is C17H25FN2O2. The summed E-state index contributed by atoms with van der Waals surface area (Å²) in [7, 11) is 0. The van der Waals surface area contributed by atoms with Gasteiger partial charge >= 0.3 is 6.03 Å². The molecule has 1 aliphatic rings. The van der Waals surface area contributed by atoms with E-state index in [-0.39, 0.29) is 23.9 Å². The predicted octanol–water partition coefficient (Wildman–Crippen LogP) is 3.14. The molecule has 2 N–H and O–H groups in total. The van der Waals surface area contributed by atoms with Crippen LogP contribution in [0.3, 0.4) is 0 Å². The zero-order valence-corrected chi connectivity index (χ0v) is 13.7. The average molecular weight is 308 g/mol. The quantitative estimate of drug-likeness (QED) is 0.901. The molecule has 1 aromatic rings. The standard InChI is InChI=1S/C17H25FN2O2/c1-11-7-8-13(10-14(11)18)12(2)19-16(21)20-9-5-6-15(20)17(3,4)22/h7-8,10,12,15,22H,5-6,9H2,1-4H3,(H,19,21). The number of urea groups is 1. The number of halogens is 1. The Balaban J connectivity index is 2.06. The molecule has 2 rings (SSSR count). The van der Waals surface area contributed by atoms with E-state index >= 15 is 0 Å². The highest BCUT2D eigenvalue weighted by molar-refractivity contribution is 5.75. The number of nitrogens with one attached hydrogen (secondary N) is 1. The molecule has 1 fully saturated rings. The number of hydrogen-bond acceptors (Lipinski definition) is 2. The molecule has 22 heavy (non-hydrogen) atoms. The molecule has 0 spiro atoms. The summed E-state index contributed by atoms with van der Waals surface area (Å²) < 4.78 is 13.6. The molecule has 122 valence electrons. The largest absolute Gasteiger partial charge is 0.388 e. The van der Waals surface area contributed by atoms with E-state index in [1.807, 2.05) is 13.0 Å². The lowest BCUT2D eigenvalue weighted by Crippen LogP contribution is -2.51. The number of amides is 2. The van der Waals surface area contributed by atoms with Gasteiger partial charge in [0, 0.05) is 6.54 Å². The van der Waals surface area contributed by atoms with E-state index < -0.39 is 5.60 Å². The van der Waals surface area contributed by atoms with Crippen molar-refractivity contribution >= 4 is 6.03 Å². The van der Waals surface area contributed by atoms with Crippen LogP contribution in [0.4, 0.5) is 9.18 Å². The maximum absolute atomic E-state index is 13.6. The Morgan fingerprint density at radius 3 is 2.77 bits per heavy atom. The smallest absolute Gasteiger partial charge is 0.318 e. The van der Waals surface area contributed by atoms with Crippen molar-refractivity contribution in [2.24, 2.45) is 0 Å². The van der Waals surface area contributed by atoms with Crippen LogP contribution in [0.25, 0.3) is 0 Å². The van der Waals surface area contributed by atoms with Gasteiger partial charge in [-0.2, -0.15) is 0 Å². The minimum atomic E-state index is -0.924. The summed E-state index contributed by atoms with van der Waals surface area (Å²) in [5.74, 6) is -0.269. The van der Waals surface area contributed by atoms with Crippen molar-refractivity contribution in [3.63, 3.8) is 0 Å². The minimum Gasteiger partial charge on any atom is -0.388 e. The van der Waals surface area contributed by atoms with E-state index in [9.17, 15) is 14.3 Å². The van der Waals surface area contributed by atoms with E-state index in [1.54, 1.807) is 31.7 Å². The second-order valence-corrected chi connectivity index (χ2v) is 6.68. The summed E-state index contributed by atoms with van der Waals surface area (Å²) in [5, 5.41) is 13.1. The maximum atomic E-state index is 13.6. The van der Waals surface area contributed by atoms with E-state index in [1.165, 1.54) is 6.07 Å². The molecule has 2 amide bonds. The van der Waals surface area contributed by atoms with Crippen molar-refractivity contribution in [3.05, 3.63) is 35.1 Å². The van der Waals surface area contributed by atoms with Crippen LogP contribution in [-0.4, -0.2) is 34.2 Å². The summed E-state index contributed by atoms with van der Waals surface area (Å²) in [6.07, 6.45) is 1.68. The van der Waals surface area contributed by atoms with Crippen LogP contribution in [0.2, 0.25) is 0 Å². The lowest BCUT2D eigenvalue weighted by Gasteiger charge is -2.34. The summed E-state index contributed by atoms with van der Waals surface area (Å²) in [6.45, 7) is 7.62. The second-order valence-electron chi connectivity index (χ2n) is 6.68. The summed E-state index contributed by atoms with van der Waals surface area (Å²) in [4.78, 5) is 14.1. The van der Waals surface area contributed by atoms with Gasteiger partial charge in [0.1, 0.15) is 5.82 Å². The highest BCUT2D eigenvalue weighted by Gasteiger charge is 2.38. The maximum Gasteiger partial charge on any atom is 0.318 e. The highest BCUT2D eigenvalue weighted by atomic mass is 19.1. The first-order chi connectivity index (χ1) is 10.2. The summed E-state index contributed by atoms with van der Waals surface area (Å²) in [5.41, 5.74) is 0.395. The number of carbonyl (C=O) groups excluding carboxylic acids is 1. The first-order valence-electron chi connectivity index (χ1n) is 7.75. The molecule has 0 saturated carbocycles. The van der Waals surface area contributed by atoms with E-state index in [2.05, 4.69) is 5.32 Å². The number of nitrogens with zero attached hydrogens (tertiary/aromatic N) is 1. The van der Waals surface area contributed by atoms with Gasteiger partial charge in [0.2, 0.25) is 0 Å². The Kier molecular flexibility index (Phi) is 4.75. The third-order valence-corrected chi connectivity index (χ3v) is 4.37. The third-order valence-electron chi connectivity index (χ3n) is 4.37. The van der Waals surface area contributed by atoms with Crippen molar-refractivity contribution in [2.75, 3.05) is 6.54 Å². The zero-order valence-electron chi connectivity index (χ0n) is 13.7. The van der Waals surface area contributed by atoms with Crippen LogP contribution in [0.5, 0.6) is 0 Å². The topological polar surface area (TPSA) is 52.6 Å². The van der Waals surface area contributed by atoms with Gasteiger partial charge in [0.15, 0.2) is 0 Å². The Bertz CT molecular complexity index is 554. The Hall–Kier alpha value is -1.62. The molecule has 5 heteroatoms. The van der Waals surface area contributed by atoms with Gasteiger partial charge in [-0.1, -0.05) is 12.1 Å². The number of aliphatic hydroxyl groups is 1. The lowest BCUT2D eigenvalue weighted by molar-refractivity contribution is 0.00951. The predicted molar refractivity (Wildman–Crippen MR) is 84.1 cm³/mol. The van der Waals surface area contributed by atoms with Gasteiger partial charge in [-0.15, -0.1) is 0 Å². The fourth-order valence-electron chi connectivity index (χ4n) is 2.97. The van der Waals surface area contributed by atoms with Crippen molar-refractivity contribution in [3.8, 4) is 0 Å². The van der Waals surface area contributed by atoms with Crippen molar-refractivity contribution in [1.82, 2.24) is 10.2 Å². The fourth-order valence-corrected chi connectivity index (χ4v) is 2.97. The normalized spacial score (nSPS) is 20.1. The van der Waals surface area contributed by atoms with Gasteiger partial charge in [0.25, 0.3) is 0 Å². The lowest BCUT2D eigenvalue weighted by atomic mass is 9.97. The van der Waals surface area contributed by atoms with Crippen LogP contribution in [0.1, 0.15) is 50.8 Å². The Morgan fingerprint density at radius 2 is 2.18 bits per heavy atom. The molecule has 1 aromatic carbocycles. The molecule has 0 aliphatic carbocycles. The molecule has 1 aliphatic heterocycles. The van der Waals surface area contributed by atoms with Gasteiger partial charge in [-0.3, -0.25) is 0 Å². The number of hydrogen-bond donors (Lipinski definition) is 2. The monoisotopic (exact) mass is 308 g/mol. The van der Waals surface area contributed by atoms with Crippen LogP contribution in [0, 0.1) is 12.7 Å². The average Bonchev–Trinajstić information content (AvgIpc) is 2.91. The van der Waals surface area contributed by atoms with Gasteiger partial charge < -0.3 is 15.3 Å². The van der Waals surface area contributed by atoms with Crippen LogP contribution in [0.15, 0.2) is 18.2 Å². The van der Waals surface area contributed by atoms with Crippen molar-refractivity contribution in [2.45, 2.75) is 58.2 Å². The van der Waals surface area contributed by atoms with Crippen LogP contribution >= 0.6 is 0 Å². The molecule has 2 unspecified atom stereocenters. The summed E-state index contributed by atoms with van der Waals surface area (Å²) in [6, 6.07) is 4.31. The van der Waals surface area contributed by atoms with E-state index in [0.29, 0.717) is 12.1 Å². The molecule has 0 aromatic heterocycles. The molecule has 1 saturated heterocycles. The molecule has 4 nitrogen and oxygen atoms in total.